The molecule has 0 radical (unpaired) electrons. The van der Waals surface area contributed by atoms with E-state index in [4.69, 9.17) is 4.74 Å². The van der Waals surface area contributed by atoms with Gasteiger partial charge < -0.3 is 10.1 Å². The Kier molecular flexibility index (Phi) is 7.00. The Labute approximate surface area is 126 Å². The van der Waals surface area contributed by atoms with E-state index in [0.717, 1.165) is 31.9 Å². The molecular weight excluding hydrogens is 280 g/mol. The minimum absolute atomic E-state index is 0. The standard InChI is InChI=1S/C14H22N2OS.ClH/c1-11-9-15-6-7-16(11)10-12-4-5-14(18-3)13(8-12)17-2;/h4-5,8,11,15H,6-7,9-10H2,1-3H3;1H/t11-;/m0./s1. The van der Waals surface area contributed by atoms with Gasteiger partial charge in [-0.25, -0.2) is 0 Å². The average molecular weight is 303 g/mol. The summed E-state index contributed by atoms with van der Waals surface area (Å²) in [6.45, 7) is 6.58. The van der Waals surface area contributed by atoms with E-state index in [2.05, 4.69) is 41.6 Å². The maximum atomic E-state index is 5.44. The van der Waals surface area contributed by atoms with Crippen LogP contribution in [0, 0.1) is 0 Å². The largest absolute Gasteiger partial charge is 0.496 e. The maximum Gasteiger partial charge on any atom is 0.132 e. The summed E-state index contributed by atoms with van der Waals surface area (Å²) in [7, 11) is 1.74. The van der Waals surface area contributed by atoms with Crippen LogP contribution in [0.5, 0.6) is 5.75 Å². The Morgan fingerprint density at radius 2 is 2.26 bits per heavy atom. The number of hydrogen-bond acceptors (Lipinski definition) is 4. The molecule has 0 saturated carbocycles. The molecule has 0 aromatic heterocycles. The predicted octanol–water partition coefficient (Wildman–Crippen LogP) is 2.63. The fraction of sp³-hybridized carbons (Fsp3) is 0.571. The van der Waals surface area contributed by atoms with Gasteiger partial charge in [0, 0.05) is 37.1 Å². The molecule has 1 atom stereocenters. The second-order valence-corrected chi connectivity index (χ2v) is 5.56. The highest BCUT2D eigenvalue weighted by Gasteiger charge is 2.18. The number of rotatable bonds is 4. The minimum atomic E-state index is 0. The van der Waals surface area contributed by atoms with E-state index in [9.17, 15) is 0 Å². The van der Waals surface area contributed by atoms with Crippen molar-refractivity contribution in [3.05, 3.63) is 23.8 Å². The molecule has 2 rings (SSSR count). The summed E-state index contributed by atoms with van der Waals surface area (Å²) in [6.07, 6.45) is 2.08. The number of piperazine rings is 1. The number of nitrogens with zero attached hydrogens (tertiary/aromatic N) is 1. The lowest BCUT2D eigenvalue weighted by molar-refractivity contribution is 0.165. The van der Waals surface area contributed by atoms with Crippen molar-refractivity contribution in [2.45, 2.75) is 24.4 Å². The van der Waals surface area contributed by atoms with Gasteiger partial charge >= 0.3 is 0 Å². The number of thioether (sulfide) groups is 1. The first-order valence-corrected chi connectivity index (χ1v) is 7.62. The highest BCUT2D eigenvalue weighted by atomic mass is 35.5. The Bertz CT molecular complexity index is 403. The summed E-state index contributed by atoms with van der Waals surface area (Å²) in [5.41, 5.74) is 1.33. The third-order valence-corrected chi connectivity index (χ3v) is 4.25. The number of hydrogen-bond donors (Lipinski definition) is 1. The van der Waals surface area contributed by atoms with Gasteiger partial charge in [0.1, 0.15) is 5.75 Å². The second-order valence-electron chi connectivity index (χ2n) is 4.71. The molecule has 1 aromatic carbocycles. The Hall–Kier alpha value is -0.420. The second kappa shape index (κ2) is 8.00. The maximum absolute atomic E-state index is 5.44. The van der Waals surface area contributed by atoms with Crippen LogP contribution in [0.15, 0.2) is 23.1 Å². The van der Waals surface area contributed by atoms with E-state index in [1.54, 1.807) is 18.9 Å². The van der Waals surface area contributed by atoms with Crippen molar-refractivity contribution < 1.29 is 4.74 Å². The number of benzene rings is 1. The number of halogens is 1. The summed E-state index contributed by atoms with van der Waals surface area (Å²) in [5.74, 6) is 0.989. The minimum Gasteiger partial charge on any atom is -0.496 e. The Balaban J connectivity index is 0.00000180. The highest BCUT2D eigenvalue weighted by molar-refractivity contribution is 7.98. The van der Waals surface area contributed by atoms with Gasteiger partial charge in [-0.2, -0.15) is 0 Å². The monoisotopic (exact) mass is 302 g/mol. The number of nitrogens with one attached hydrogen (secondary N) is 1. The molecule has 1 N–H and O–H groups in total. The van der Waals surface area contributed by atoms with Gasteiger partial charge in [-0.05, 0) is 30.9 Å². The molecule has 108 valence electrons. The molecule has 0 aliphatic carbocycles. The van der Waals surface area contributed by atoms with E-state index in [1.807, 2.05) is 0 Å². The van der Waals surface area contributed by atoms with Crippen LogP contribution < -0.4 is 10.1 Å². The zero-order valence-electron chi connectivity index (χ0n) is 11.8. The first-order valence-electron chi connectivity index (χ1n) is 6.40. The molecule has 0 unspecified atom stereocenters. The lowest BCUT2D eigenvalue weighted by Gasteiger charge is -2.34. The lowest BCUT2D eigenvalue weighted by atomic mass is 10.1. The van der Waals surface area contributed by atoms with Crippen LogP contribution in [0.1, 0.15) is 12.5 Å². The molecule has 19 heavy (non-hydrogen) atoms. The van der Waals surface area contributed by atoms with Crippen LogP contribution in [-0.2, 0) is 6.54 Å². The quantitative estimate of drug-likeness (QED) is 0.864. The zero-order chi connectivity index (χ0) is 13.0. The van der Waals surface area contributed by atoms with Gasteiger partial charge in [0.15, 0.2) is 0 Å². The van der Waals surface area contributed by atoms with Gasteiger partial charge in [0.25, 0.3) is 0 Å². The summed E-state index contributed by atoms with van der Waals surface area (Å²) >= 11 is 1.73. The highest BCUT2D eigenvalue weighted by Crippen LogP contribution is 2.28. The van der Waals surface area contributed by atoms with Gasteiger partial charge in [-0.1, -0.05) is 6.07 Å². The molecule has 3 nitrogen and oxygen atoms in total. The zero-order valence-corrected chi connectivity index (χ0v) is 13.4. The van der Waals surface area contributed by atoms with E-state index in [-0.39, 0.29) is 12.4 Å². The van der Waals surface area contributed by atoms with Crippen LogP contribution in [0.2, 0.25) is 0 Å². The smallest absolute Gasteiger partial charge is 0.132 e. The Morgan fingerprint density at radius 1 is 1.47 bits per heavy atom. The topological polar surface area (TPSA) is 24.5 Å². The molecule has 0 bridgehead atoms. The van der Waals surface area contributed by atoms with E-state index in [0.29, 0.717) is 6.04 Å². The first kappa shape index (κ1) is 16.6. The molecule has 1 heterocycles. The number of ether oxygens (including phenoxy) is 1. The van der Waals surface area contributed by atoms with Crippen molar-refractivity contribution in [3.8, 4) is 5.75 Å². The van der Waals surface area contributed by atoms with Gasteiger partial charge in [0.2, 0.25) is 0 Å². The van der Waals surface area contributed by atoms with Gasteiger partial charge in [-0.3, -0.25) is 4.90 Å². The summed E-state index contributed by atoms with van der Waals surface area (Å²) < 4.78 is 5.44. The summed E-state index contributed by atoms with van der Waals surface area (Å²) in [5, 5.41) is 3.42. The molecule has 1 fully saturated rings. The first-order chi connectivity index (χ1) is 8.74. The molecule has 1 aliphatic rings. The molecule has 5 heteroatoms. The van der Waals surface area contributed by atoms with Gasteiger partial charge in [0.05, 0.1) is 7.11 Å². The molecule has 0 amide bonds. The van der Waals surface area contributed by atoms with Crippen LogP contribution >= 0.6 is 24.2 Å². The van der Waals surface area contributed by atoms with Crippen molar-refractivity contribution >= 4 is 24.2 Å². The van der Waals surface area contributed by atoms with Gasteiger partial charge in [-0.15, -0.1) is 24.2 Å². The van der Waals surface area contributed by atoms with E-state index >= 15 is 0 Å². The van der Waals surface area contributed by atoms with Crippen molar-refractivity contribution in [1.29, 1.82) is 0 Å². The molecule has 1 saturated heterocycles. The van der Waals surface area contributed by atoms with Crippen molar-refractivity contribution in [1.82, 2.24) is 10.2 Å². The Morgan fingerprint density at radius 3 is 2.89 bits per heavy atom. The fourth-order valence-corrected chi connectivity index (χ4v) is 2.88. The van der Waals surface area contributed by atoms with Crippen LogP contribution in [-0.4, -0.2) is 43.9 Å². The van der Waals surface area contributed by atoms with Crippen LogP contribution in [0.25, 0.3) is 0 Å². The normalized spacial score (nSPS) is 19.8. The third-order valence-electron chi connectivity index (χ3n) is 3.47. The molecule has 0 spiro atoms. The average Bonchev–Trinajstić information content (AvgIpc) is 2.41. The molecule has 1 aliphatic heterocycles. The van der Waals surface area contributed by atoms with Crippen LogP contribution in [0.4, 0.5) is 0 Å². The van der Waals surface area contributed by atoms with Crippen molar-refractivity contribution in [3.63, 3.8) is 0 Å². The third kappa shape index (κ3) is 4.28. The van der Waals surface area contributed by atoms with Crippen molar-refractivity contribution in [2.75, 3.05) is 33.0 Å². The summed E-state index contributed by atoms with van der Waals surface area (Å²) in [6, 6.07) is 7.14. The summed E-state index contributed by atoms with van der Waals surface area (Å²) in [4.78, 5) is 3.72. The molecular formula is C14H23ClN2OS. The van der Waals surface area contributed by atoms with E-state index < -0.39 is 0 Å². The molecule has 1 aromatic rings. The fourth-order valence-electron chi connectivity index (χ4n) is 2.33. The van der Waals surface area contributed by atoms with E-state index in [1.165, 1.54) is 10.5 Å². The van der Waals surface area contributed by atoms with Crippen molar-refractivity contribution in [2.24, 2.45) is 0 Å². The SMILES string of the molecule is COc1cc(CN2CCNC[C@@H]2C)ccc1SC.Cl. The predicted molar refractivity (Wildman–Crippen MR) is 84.8 cm³/mol. The number of methoxy groups -OCH3 is 1. The van der Waals surface area contributed by atoms with Crippen LogP contribution in [0.3, 0.4) is 0 Å². The lowest BCUT2D eigenvalue weighted by Crippen LogP contribution is -2.49.